The number of nitrogens with one attached hydrogen (secondary N) is 1. The van der Waals surface area contributed by atoms with Crippen LogP contribution in [0, 0.1) is 5.82 Å². The molecule has 0 aromatic heterocycles. The molecule has 0 fully saturated rings. The highest BCUT2D eigenvalue weighted by molar-refractivity contribution is 6.31. The highest BCUT2D eigenvalue weighted by atomic mass is 35.5. The molecule has 0 aliphatic heterocycles. The van der Waals surface area contributed by atoms with E-state index in [1.807, 2.05) is 6.07 Å². The first kappa shape index (κ1) is 12.5. The molecule has 0 saturated carbocycles. The van der Waals surface area contributed by atoms with Crippen LogP contribution in [0.15, 0.2) is 18.2 Å². The Morgan fingerprint density at radius 1 is 1.40 bits per heavy atom. The van der Waals surface area contributed by atoms with E-state index in [9.17, 15) is 4.39 Å². The molecule has 84 valence electrons. The van der Waals surface area contributed by atoms with Crippen molar-refractivity contribution in [1.29, 1.82) is 0 Å². The molecule has 15 heavy (non-hydrogen) atoms. The van der Waals surface area contributed by atoms with Gasteiger partial charge in [-0.3, -0.25) is 0 Å². The summed E-state index contributed by atoms with van der Waals surface area (Å²) in [4.78, 5) is 0. The average molecular weight is 230 g/mol. The molecule has 1 atom stereocenters. The summed E-state index contributed by atoms with van der Waals surface area (Å²) in [5.41, 5.74) is 0.854. The van der Waals surface area contributed by atoms with Crippen LogP contribution >= 0.6 is 11.6 Å². The fourth-order valence-corrected chi connectivity index (χ4v) is 1.84. The second-order valence-corrected chi connectivity index (χ2v) is 3.94. The summed E-state index contributed by atoms with van der Waals surface area (Å²) in [6, 6.07) is 5.11. The summed E-state index contributed by atoms with van der Waals surface area (Å²) >= 11 is 5.93. The minimum atomic E-state index is -0.342. The highest BCUT2D eigenvalue weighted by Crippen LogP contribution is 2.27. The SMILES string of the molecule is CCCNC(CC)c1cccc(F)c1Cl. The fourth-order valence-electron chi connectivity index (χ4n) is 1.58. The van der Waals surface area contributed by atoms with E-state index in [0.29, 0.717) is 0 Å². The van der Waals surface area contributed by atoms with E-state index in [4.69, 9.17) is 11.6 Å². The summed E-state index contributed by atoms with van der Waals surface area (Å²) in [5, 5.41) is 3.60. The zero-order valence-corrected chi connectivity index (χ0v) is 9.94. The van der Waals surface area contributed by atoms with Crippen molar-refractivity contribution in [3.63, 3.8) is 0 Å². The zero-order chi connectivity index (χ0) is 11.3. The number of benzene rings is 1. The quantitative estimate of drug-likeness (QED) is 0.807. The summed E-state index contributed by atoms with van der Waals surface area (Å²) < 4.78 is 13.2. The van der Waals surface area contributed by atoms with Crippen LogP contribution in [0.3, 0.4) is 0 Å². The lowest BCUT2D eigenvalue weighted by Crippen LogP contribution is -2.21. The van der Waals surface area contributed by atoms with Gasteiger partial charge in [-0.25, -0.2) is 4.39 Å². The third-order valence-electron chi connectivity index (χ3n) is 2.41. The Balaban J connectivity index is 2.86. The van der Waals surface area contributed by atoms with E-state index in [2.05, 4.69) is 19.2 Å². The van der Waals surface area contributed by atoms with Crippen molar-refractivity contribution in [3.8, 4) is 0 Å². The standard InChI is InChI=1S/C12H17ClFN/c1-3-8-15-11(4-2)9-6-5-7-10(14)12(9)13/h5-7,11,15H,3-4,8H2,1-2H3. The van der Waals surface area contributed by atoms with Gasteiger partial charge in [-0.15, -0.1) is 0 Å². The van der Waals surface area contributed by atoms with Gasteiger partial charge < -0.3 is 5.32 Å². The monoisotopic (exact) mass is 229 g/mol. The van der Waals surface area contributed by atoms with Crippen molar-refractivity contribution in [2.45, 2.75) is 32.7 Å². The van der Waals surface area contributed by atoms with Gasteiger partial charge in [0.05, 0.1) is 5.02 Å². The first-order valence-electron chi connectivity index (χ1n) is 5.38. The van der Waals surface area contributed by atoms with Gasteiger partial charge in [-0.1, -0.05) is 37.6 Å². The lowest BCUT2D eigenvalue weighted by Gasteiger charge is -2.18. The molecule has 0 radical (unpaired) electrons. The van der Waals surface area contributed by atoms with E-state index in [0.717, 1.165) is 24.9 Å². The number of hydrogen-bond acceptors (Lipinski definition) is 1. The molecule has 0 heterocycles. The second-order valence-electron chi connectivity index (χ2n) is 3.56. The van der Waals surface area contributed by atoms with Gasteiger partial charge in [0, 0.05) is 6.04 Å². The predicted molar refractivity (Wildman–Crippen MR) is 62.7 cm³/mol. The van der Waals surface area contributed by atoms with Gasteiger partial charge in [-0.05, 0) is 31.0 Å². The number of halogens is 2. The van der Waals surface area contributed by atoms with Crippen LogP contribution < -0.4 is 5.32 Å². The Morgan fingerprint density at radius 3 is 2.73 bits per heavy atom. The second kappa shape index (κ2) is 6.09. The molecule has 0 saturated heterocycles. The first-order chi connectivity index (χ1) is 7.20. The third kappa shape index (κ3) is 3.18. The van der Waals surface area contributed by atoms with Gasteiger partial charge in [0.1, 0.15) is 5.82 Å². The van der Waals surface area contributed by atoms with Crippen LogP contribution in [-0.2, 0) is 0 Å². The Morgan fingerprint density at radius 2 is 2.13 bits per heavy atom. The lowest BCUT2D eigenvalue weighted by atomic mass is 10.0. The molecular formula is C12H17ClFN. The molecular weight excluding hydrogens is 213 g/mol. The summed E-state index contributed by atoms with van der Waals surface area (Å²) in [5.74, 6) is -0.342. The van der Waals surface area contributed by atoms with Crippen LogP contribution in [0.4, 0.5) is 4.39 Å². The summed E-state index contributed by atoms with van der Waals surface area (Å²) in [7, 11) is 0. The maximum absolute atomic E-state index is 13.2. The Bertz CT molecular complexity index is 314. The van der Waals surface area contributed by atoms with Gasteiger partial charge in [0.25, 0.3) is 0 Å². The molecule has 3 heteroatoms. The van der Waals surface area contributed by atoms with Crippen LogP contribution in [-0.4, -0.2) is 6.54 Å². The molecule has 0 spiro atoms. The Hall–Kier alpha value is -0.600. The molecule has 1 nitrogen and oxygen atoms in total. The van der Waals surface area contributed by atoms with E-state index in [1.165, 1.54) is 6.07 Å². The minimum Gasteiger partial charge on any atom is -0.310 e. The largest absolute Gasteiger partial charge is 0.310 e. The van der Waals surface area contributed by atoms with Crippen LogP contribution in [0.5, 0.6) is 0 Å². The molecule has 1 unspecified atom stereocenters. The lowest BCUT2D eigenvalue weighted by molar-refractivity contribution is 0.514. The van der Waals surface area contributed by atoms with Crippen LogP contribution in [0.2, 0.25) is 5.02 Å². The normalized spacial score (nSPS) is 12.8. The van der Waals surface area contributed by atoms with Gasteiger partial charge >= 0.3 is 0 Å². The number of hydrogen-bond donors (Lipinski definition) is 1. The maximum atomic E-state index is 13.2. The third-order valence-corrected chi connectivity index (χ3v) is 2.80. The maximum Gasteiger partial charge on any atom is 0.142 e. The smallest absolute Gasteiger partial charge is 0.142 e. The molecule has 1 rings (SSSR count). The van der Waals surface area contributed by atoms with Crippen molar-refractivity contribution in [2.24, 2.45) is 0 Å². The topological polar surface area (TPSA) is 12.0 Å². The summed E-state index contributed by atoms with van der Waals surface area (Å²) in [6.07, 6.45) is 1.96. The minimum absolute atomic E-state index is 0.146. The van der Waals surface area contributed by atoms with Crippen molar-refractivity contribution >= 4 is 11.6 Å². The van der Waals surface area contributed by atoms with Crippen molar-refractivity contribution in [2.75, 3.05) is 6.54 Å². The van der Waals surface area contributed by atoms with Gasteiger partial charge in [0.15, 0.2) is 0 Å². The molecule has 0 aliphatic carbocycles. The molecule has 0 bridgehead atoms. The molecule has 0 amide bonds. The summed E-state index contributed by atoms with van der Waals surface area (Å²) in [6.45, 7) is 5.09. The molecule has 0 aliphatic rings. The fraction of sp³-hybridized carbons (Fsp3) is 0.500. The van der Waals surface area contributed by atoms with E-state index in [-0.39, 0.29) is 16.9 Å². The van der Waals surface area contributed by atoms with Crippen LogP contribution in [0.1, 0.15) is 38.3 Å². The molecule has 1 N–H and O–H groups in total. The average Bonchev–Trinajstić information content (AvgIpc) is 2.25. The van der Waals surface area contributed by atoms with Gasteiger partial charge in [-0.2, -0.15) is 0 Å². The Kier molecular flexibility index (Phi) is 5.06. The molecule has 1 aromatic carbocycles. The van der Waals surface area contributed by atoms with E-state index in [1.54, 1.807) is 6.07 Å². The molecule has 1 aromatic rings. The van der Waals surface area contributed by atoms with E-state index < -0.39 is 0 Å². The predicted octanol–water partition coefficient (Wildman–Crippen LogP) is 3.93. The zero-order valence-electron chi connectivity index (χ0n) is 9.19. The highest BCUT2D eigenvalue weighted by Gasteiger charge is 2.14. The van der Waals surface area contributed by atoms with Crippen LogP contribution in [0.25, 0.3) is 0 Å². The first-order valence-corrected chi connectivity index (χ1v) is 5.75. The van der Waals surface area contributed by atoms with Crippen molar-refractivity contribution in [1.82, 2.24) is 5.32 Å². The number of rotatable bonds is 5. The van der Waals surface area contributed by atoms with Crippen molar-refractivity contribution in [3.05, 3.63) is 34.6 Å². The Labute approximate surface area is 95.6 Å². The van der Waals surface area contributed by atoms with E-state index >= 15 is 0 Å². The van der Waals surface area contributed by atoms with Gasteiger partial charge in [0.2, 0.25) is 0 Å². The van der Waals surface area contributed by atoms with Crippen molar-refractivity contribution < 1.29 is 4.39 Å².